The van der Waals surface area contributed by atoms with Crippen molar-refractivity contribution in [2.75, 3.05) is 6.61 Å². The molecule has 0 aliphatic heterocycles. The standard InChI is InChI=1S/C16H17N7O/c1-11-14(12(2)22(20-11)8-9-24)21-7-5-18-15(21)13-10-19-23-6-3-4-17-16(13)23/h3-7,10,24H,8-9H2,1-2H3. The molecule has 1 N–H and O–H groups in total. The van der Waals surface area contributed by atoms with Crippen molar-refractivity contribution < 1.29 is 5.11 Å². The maximum absolute atomic E-state index is 9.20. The highest BCUT2D eigenvalue weighted by molar-refractivity contribution is 5.73. The van der Waals surface area contributed by atoms with Crippen LogP contribution in [0.25, 0.3) is 22.7 Å². The van der Waals surface area contributed by atoms with E-state index in [1.165, 1.54) is 0 Å². The van der Waals surface area contributed by atoms with Crippen molar-refractivity contribution in [3.05, 3.63) is 48.4 Å². The Labute approximate surface area is 138 Å². The lowest BCUT2D eigenvalue weighted by Gasteiger charge is -2.08. The average molecular weight is 323 g/mol. The fraction of sp³-hybridized carbons (Fsp3) is 0.250. The highest BCUT2D eigenvalue weighted by Crippen LogP contribution is 2.27. The van der Waals surface area contributed by atoms with Gasteiger partial charge in [-0.1, -0.05) is 0 Å². The normalized spacial score (nSPS) is 11.5. The first-order valence-corrected chi connectivity index (χ1v) is 7.68. The van der Waals surface area contributed by atoms with E-state index in [1.807, 2.05) is 41.6 Å². The van der Waals surface area contributed by atoms with Gasteiger partial charge >= 0.3 is 0 Å². The maximum atomic E-state index is 9.20. The van der Waals surface area contributed by atoms with Crippen LogP contribution in [0.1, 0.15) is 11.4 Å². The number of hydrogen-bond donors (Lipinski definition) is 1. The van der Waals surface area contributed by atoms with E-state index in [0.717, 1.165) is 34.1 Å². The predicted octanol–water partition coefficient (Wildman–Crippen LogP) is 1.39. The number of fused-ring (bicyclic) bond motifs is 1. The molecule has 0 aromatic carbocycles. The van der Waals surface area contributed by atoms with Crippen molar-refractivity contribution in [2.45, 2.75) is 20.4 Å². The Morgan fingerprint density at radius 3 is 2.83 bits per heavy atom. The summed E-state index contributed by atoms with van der Waals surface area (Å²) in [5.41, 5.74) is 4.43. The Kier molecular flexibility index (Phi) is 3.39. The van der Waals surface area contributed by atoms with Crippen LogP contribution in [0.4, 0.5) is 0 Å². The minimum Gasteiger partial charge on any atom is -0.394 e. The van der Waals surface area contributed by atoms with Gasteiger partial charge in [0.05, 0.1) is 42.0 Å². The molecular weight excluding hydrogens is 306 g/mol. The second-order valence-corrected chi connectivity index (χ2v) is 5.53. The molecule has 4 aromatic rings. The molecule has 24 heavy (non-hydrogen) atoms. The molecule has 0 aliphatic carbocycles. The lowest BCUT2D eigenvalue weighted by molar-refractivity contribution is 0.268. The molecule has 0 saturated carbocycles. The second-order valence-electron chi connectivity index (χ2n) is 5.53. The summed E-state index contributed by atoms with van der Waals surface area (Å²) >= 11 is 0. The minimum atomic E-state index is 0.0517. The van der Waals surface area contributed by atoms with Crippen molar-refractivity contribution >= 4 is 5.65 Å². The van der Waals surface area contributed by atoms with Gasteiger partial charge in [0, 0.05) is 24.8 Å². The van der Waals surface area contributed by atoms with Crippen LogP contribution in [-0.2, 0) is 6.54 Å². The molecule has 122 valence electrons. The van der Waals surface area contributed by atoms with E-state index in [9.17, 15) is 5.11 Å². The van der Waals surface area contributed by atoms with E-state index >= 15 is 0 Å². The summed E-state index contributed by atoms with van der Waals surface area (Å²) in [4.78, 5) is 8.91. The Morgan fingerprint density at radius 2 is 2.00 bits per heavy atom. The van der Waals surface area contributed by atoms with Crippen LogP contribution >= 0.6 is 0 Å². The zero-order chi connectivity index (χ0) is 16.7. The van der Waals surface area contributed by atoms with E-state index in [-0.39, 0.29) is 6.61 Å². The first kappa shape index (κ1) is 14.6. The number of nitrogens with zero attached hydrogens (tertiary/aromatic N) is 7. The van der Waals surface area contributed by atoms with Crippen LogP contribution in [-0.4, -0.2) is 45.6 Å². The number of rotatable bonds is 4. The van der Waals surface area contributed by atoms with Gasteiger partial charge in [0.15, 0.2) is 5.65 Å². The molecule has 0 atom stereocenters. The van der Waals surface area contributed by atoms with E-state index in [0.29, 0.717) is 6.54 Å². The largest absolute Gasteiger partial charge is 0.394 e. The summed E-state index contributed by atoms with van der Waals surface area (Å²) in [6, 6.07) is 1.84. The lowest BCUT2D eigenvalue weighted by Crippen LogP contribution is -2.06. The lowest BCUT2D eigenvalue weighted by atomic mass is 10.2. The van der Waals surface area contributed by atoms with Gasteiger partial charge in [-0.05, 0) is 19.9 Å². The zero-order valence-electron chi connectivity index (χ0n) is 13.5. The molecule has 4 aromatic heterocycles. The van der Waals surface area contributed by atoms with Crippen LogP contribution in [0.3, 0.4) is 0 Å². The van der Waals surface area contributed by atoms with E-state index in [2.05, 4.69) is 20.2 Å². The van der Waals surface area contributed by atoms with E-state index < -0.39 is 0 Å². The fourth-order valence-electron chi connectivity index (χ4n) is 3.02. The van der Waals surface area contributed by atoms with Gasteiger partial charge in [-0.3, -0.25) is 9.25 Å². The molecule has 0 radical (unpaired) electrons. The summed E-state index contributed by atoms with van der Waals surface area (Å²) < 4.78 is 5.53. The van der Waals surface area contributed by atoms with Crippen LogP contribution in [0.15, 0.2) is 37.1 Å². The molecule has 0 bridgehead atoms. The topological polar surface area (TPSA) is 86.1 Å². The Morgan fingerprint density at radius 1 is 1.12 bits per heavy atom. The molecule has 8 heteroatoms. The molecule has 0 aliphatic rings. The average Bonchev–Trinajstić information content (AvgIpc) is 3.26. The van der Waals surface area contributed by atoms with Crippen LogP contribution < -0.4 is 0 Å². The predicted molar refractivity (Wildman–Crippen MR) is 87.9 cm³/mol. The summed E-state index contributed by atoms with van der Waals surface area (Å²) in [7, 11) is 0. The van der Waals surface area contributed by atoms with Gasteiger partial charge in [0.25, 0.3) is 0 Å². The first-order valence-electron chi connectivity index (χ1n) is 7.68. The van der Waals surface area contributed by atoms with Gasteiger partial charge < -0.3 is 5.11 Å². The summed E-state index contributed by atoms with van der Waals surface area (Å²) in [6.07, 6.45) is 9.02. The molecule has 0 unspecified atom stereocenters. The minimum absolute atomic E-state index is 0.0517. The number of imidazole rings is 1. The van der Waals surface area contributed by atoms with Crippen molar-refractivity contribution in [1.82, 2.24) is 33.9 Å². The van der Waals surface area contributed by atoms with E-state index in [4.69, 9.17) is 0 Å². The monoisotopic (exact) mass is 323 g/mol. The number of aryl methyl sites for hydroxylation is 1. The SMILES string of the molecule is Cc1nn(CCO)c(C)c1-n1ccnc1-c1cnn2cccnc12. The van der Waals surface area contributed by atoms with Crippen molar-refractivity contribution in [2.24, 2.45) is 0 Å². The molecule has 4 rings (SSSR count). The summed E-state index contributed by atoms with van der Waals surface area (Å²) in [5.74, 6) is 0.762. The van der Waals surface area contributed by atoms with Gasteiger partial charge in [-0.25, -0.2) is 14.5 Å². The maximum Gasteiger partial charge on any atom is 0.165 e. The molecule has 4 heterocycles. The van der Waals surface area contributed by atoms with Crippen LogP contribution in [0.2, 0.25) is 0 Å². The molecule has 0 spiro atoms. The zero-order valence-corrected chi connectivity index (χ0v) is 13.5. The van der Waals surface area contributed by atoms with E-state index in [1.54, 1.807) is 23.1 Å². The molecule has 8 nitrogen and oxygen atoms in total. The third-order valence-corrected chi connectivity index (χ3v) is 4.06. The van der Waals surface area contributed by atoms with Gasteiger partial charge in [0.1, 0.15) is 5.82 Å². The first-order chi connectivity index (χ1) is 11.7. The fourth-order valence-corrected chi connectivity index (χ4v) is 3.02. The Hall–Kier alpha value is -3.00. The van der Waals surface area contributed by atoms with Crippen molar-refractivity contribution in [1.29, 1.82) is 0 Å². The third kappa shape index (κ3) is 2.11. The molecule has 0 fully saturated rings. The molecule has 0 amide bonds. The molecule has 0 saturated heterocycles. The number of aliphatic hydroxyl groups excluding tert-OH is 1. The second kappa shape index (κ2) is 5.57. The highest BCUT2D eigenvalue weighted by Gasteiger charge is 2.19. The quantitative estimate of drug-likeness (QED) is 0.613. The number of aliphatic hydroxyl groups is 1. The van der Waals surface area contributed by atoms with Crippen LogP contribution in [0, 0.1) is 13.8 Å². The summed E-state index contributed by atoms with van der Waals surface area (Å²) in [5, 5.41) is 18.0. The number of hydrogen-bond acceptors (Lipinski definition) is 5. The summed E-state index contributed by atoms with van der Waals surface area (Å²) in [6.45, 7) is 4.46. The molecular formula is C16H17N7O. The smallest absolute Gasteiger partial charge is 0.165 e. The van der Waals surface area contributed by atoms with Crippen LogP contribution in [0.5, 0.6) is 0 Å². The van der Waals surface area contributed by atoms with Gasteiger partial charge in [-0.15, -0.1) is 0 Å². The Balaban J connectivity index is 1.90. The van der Waals surface area contributed by atoms with Crippen molar-refractivity contribution in [3.8, 4) is 17.1 Å². The number of aromatic nitrogens is 7. The van der Waals surface area contributed by atoms with Gasteiger partial charge in [-0.2, -0.15) is 10.2 Å². The van der Waals surface area contributed by atoms with Crippen molar-refractivity contribution in [3.63, 3.8) is 0 Å². The highest BCUT2D eigenvalue weighted by atomic mass is 16.3. The Bertz CT molecular complexity index is 1010. The third-order valence-electron chi connectivity index (χ3n) is 4.06. The van der Waals surface area contributed by atoms with Gasteiger partial charge in [0.2, 0.25) is 0 Å².